The fourth-order valence-corrected chi connectivity index (χ4v) is 10.2. The van der Waals surface area contributed by atoms with Crippen LogP contribution in [0.15, 0.2) is 212 Å². The van der Waals surface area contributed by atoms with Crippen LogP contribution in [0.5, 0.6) is 0 Å². The first kappa shape index (κ1) is 35.2. The molecule has 0 aliphatic heterocycles. The molecule has 0 aliphatic carbocycles. The number of nitrogens with zero attached hydrogens (tertiary/aromatic N) is 3. The highest BCUT2D eigenvalue weighted by Crippen LogP contribution is 2.42. The molecule has 12 rings (SSSR count). The van der Waals surface area contributed by atoms with Crippen molar-refractivity contribution in [1.29, 1.82) is 0 Å². The molecule has 0 spiro atoms. The summed E-state index contributed by atoms with van der Waals surface area (Å²) in [7, 11) is 0. The van der Waals surface area contributed by atoms with Crippen LogP contribution in [0.2, 0.25) is 0 Å². The van der Waals surface area contributed by atoms with Gasteiger partial charge >= 0.3 is 0 Å². The number of hydrogen-bond donors (Lipinski definition) is 0. The van der Waals surface area contributed by atoms with E-state index in [2.05, 4.69) is 212 Å². The van der Waals surface area contributed by atoms with E-state index in [4.69, 9.17) is 15.0 Å². The van der Waals surface area contributed by atoms with Crippen LogP contribution < -0.4 is 0 Å². The second-order valence-electron chi connectivity index (χ2n) is 15.5. The summed E-state index contributed by atoms with van der Waals surface area (Å²) in [6.45, 7) is 0. The zero-order chi connectivity index (χ0) is 40.3. The SMILES string of the molecule is c1ccc(-c2ccc(-c3ccc4cccc(-c5nc(-c6ccc(-c7cccc8ccccc78)c7ccccc67)nc(-c6cccc7c6sc6ccccc67)n5)c4c3)cc2)cc1. The molecule has 0 bridgehead atoms. The van der Waals surface area contributed by atoms with Gasteiger partial charge in [-0.15, -0.1) is 11.3 Å². The summed E-state index contributed by atoms with van der Waals surface area (Å²) >= 11 is 1.79. The fourth-order valence-electron chi connectivity index (χ4n) is 8.98. The molecule has 61 heavy (non-hydrogen) atoms. The maximum absolute atomic E-state index is 5.40. The average Bonchev–Trinajstić information content (AvgIpc) is 3.72. The number of fused-ring (bicyclic) bond motifs is 6. The highest BCUT2D eigenvalue weighted by molar-refractivity contribution is 7.26. The molecule has 12 aromatic rings. The first-order valence-corrected chi connectivity index (χ1v) is 21.4. The average molecular weight is 794 g/mol. The molecular formula is C57H35N3S. The minimum atomic E-state index is 0.641. The van der Waals surface area contributed by atoms with Crippen LogP contribution in [-0.2, 0) is 0 Å². The predicted octanol–water partition coefficient (Wildman–Crippen LogP) is 15.7. The van der Waals surface area contributed by atoms with Crippen LogP contribution in [0.25, 0.3) is 120 Å². The van der Waals surface area contributed by atoms with Gasteiger partial charge < -0.3 is 0 Å². The van der Waals surface area contributed by atoms with Crippen molar-refractivity contribution in [2.45, 2.75) is 0 Å². The van der Waals surface area contributed by atoms with Gasteiger partial charge in [-0.3, -0.25) is 0 Å². The van der Waals surface area contributed by atoms with Gasteiger partial charge in [0, 0.05) is 36.9 Å². The predicted molar refractivity (Wildman–Crippen MR) is 258 cm³/mol. The van der Waals surface area contributed by atoms with Crippen LogP contribution in [0.1, 0.15) is 0 Å². The monoisotopic (exact) mass is 793 g/mol. The third kappa shape index (κ3) is 6.07. The summed E-state index contributed by atoms with van der Waals surface area (Å²) < 4.78 is 2.41. The standard InChI is InChI=1S/C57H35N3S/c1-2-13-36(14-3-1)37-27-29-38(30-28-37)41-32-31-40-17-11-24-49(52(40)35-41)55-58-56(60-57(59-55)51-25-12-23-48-47-21-8-9-26-53(47)61-54(48)51)50-34-33-46(44-19-6-7-20-45(44)50)43-22-10-16-39-15-4-5-18-42(39)43/h1-35H. The lowest BCUT2D eigenvalue weighted by Gasteiger charge is -2.15. The molecule has 4 heteroatoms. The van der Waals surface area contributed by atoms with Gasteiger partial charge in [0.2, 0.25) is 0 Å². The Morgan fingerprint density at radius 3 is 1.49 bits per heavy atom. The molecule has 10 aromatic carbocycles. The molecule has 2 aromatic heterocycles. The Hall–Kier alpha value is -7.79. The Labute approximate surface area is 356 Å². The summed E-state index contributed by atoms with van der Waals surface area (Å²) in [6, 6.07) is 75.8. The van der Waals surface area contributed by atoms with E-state index in [1.165, 1.54) is 53.2 Å². The topological polar surface area (TPSA) is 38.7 Å². The van der Waals surface area contributed by atoms with E-state index >= 15 is 0 Å². The quantitative estimate of drug-likeness (QED) is 0.168. The second-order valence-corrected chi connectivity index (χ2v) is 16.6. The van der Waals surface area contributed by atoms with Crippen LogP contribution in [0.3, 0.4) is 0 Å². The molecule has 0 saturated carbocycles. The van der Waals surface area contributed by atoms with Gasteiger partial charge in [-0.1, -0.05) is 188 Å². The number of benzene rings is 10. The Morgan fingerprint density at radius 1 is 0.262 bits per heavy atom. The van der Waals surface area contributed by atoms with Crippen molar-refractivity contribution in [3.8, 4) is 67.5 Å². The van der Waals surface area contributed by atoms with Crippen molar-refractivity contribution >= 4 is 63.8 Å². The van der Waals surface area contributed by atoms with Crippen molar-refractivity contribution < 1.29 is 0 Å². The summed E-state index contributed by atoms with van der Waals surface area (Å²) in [5, 5.41) is 9.36. The van der Waals surface area contributed by atoms with Gasteiger partial charge in [-0.2, -0.15) is 0 Å². The number of aromatic nitrogens is 3. The van der Waals surface area contributed by atoms with Gasteiger partial charge in [-0.05, 0) is 90.0 Å². The van der Waals surface area contributed by atoms with Crippen LogP contribution >= 0.6 is 11.3 Å². The lowest BCUT2D eigenvalue weighted by Crippen LogP contribution is -2.01. The zero-order valence-electron chi connectivity index (χ0n) is 33.0. The minimum absolute atomic E-state index is 0.641. The molecule has 0 fully saturated rings. The van der Waals surface area contributed by atoms with Crippen molar-refractivity contribution in [2.75, 3.05) is 0 Å². The normalized spacial score (nSPS) is 11.6. The van der Waals surface area contributed by atoms with Crippen molar-refractivity contribution in [2.24, 2.45) is 0 Å². The number of rotatable bonds is 6. The molecule has 2 heterocycles. The lowest BCUT2D eigenvalue weighted by atomic mass is 9.92. The Morgan fingerprint density at radius 2 is 0.721 bits per heavy atom. The Kier molecular flexibility index (Phi) is 8.36. The van der Waals surface area contributed by atoms with Gasteiger partial charge in [0.15, 0.2) is 17.5 Å². The largest absolute Gasteiger partial charge is 0.208 e. The molecular weight excluding hydrogens is 759 g/mol. The Balaban J connectivity index is 1.07. The molecule has 0 unspecified atom stereocenters. The van der Waals surface area contributed by atoms with Crippen molar-refractivity contribution in [3.05, 3.63) is 212 Å². The third-order valence-corrected chi connectivity index (χ3v) is 13.2. The first-order chi connectivity index (χ1) is 30.2. The number of thiophene rings is 1. The van der Waals surface area contributed by atoms with Gasteiger partial charge in [0.1, 0.15) is 0 Å². The highest BCUT2D eigenvalue weighted by Gasteiger charge is 2.20. The highest BCUT2D eigenvalue weighted by atomic mass is 32.1. The zero-order valence-corrected chi connectivity index (χ0v) is 33.8. The number of hydrogen-bond acceptors (Lipinski definition) is 4. The molecule has 0 amide bonds. The van der Waals surface area contributed by atoms with Crippen molar-refractivity contribution in [1.82, 2.24) is 15.0 Å². The molecule has 0 radical (unpaired) electrons. The molecule has 0 atom stereocenters. The molecule has 0 saturated heterocycles. The van der Waals surface area contributed by atoms with E-state index < -0.39 is 0 Å². The first-order valence-electron chi connectivity index (χ1n) is 20.6. The second kappa shape index (κ2) is 14.5. The van der Waals surface area contributed by atoms with Crippen LogP contribution in [0, 0.1) is 0 Å². The summed E-state index contributed by atoms with van der Waals surface area (Å²) in [5.74, 6) is 1.94. The summed E-state index contributed by atoms with van der Waals surface area (Å²) in [4.78, 5) is 16.2. The molecule has 0 aliphatic rings. The molecule has 3 nitrogen and oxygen atoms in total. The van der Waals surface area contributed by atoms with E-state index in [9.17, 15) is 0 Å². The third-order valence-electron chi connectivity index (χ3n) is 12.0. The molecule has 284 valence electrons. The van der Waals surface area contributed by atoms with E-state index in [-0.39, 0.29) is 0 Å². The Bertz CT molecular complexity index is 3640. The maximum Gasteiger partial charge on any atom is 0.165 e. The van der Waals surface area contributed by atoms with Gasteiger partial charge in [0.05, 0.1) is 0 Å². The van der Waals surface area contributed by atoms with E-state index in [1.807, 2.05) is 0 Å². The fraction of sp³-hybridized carbons (Fsp3) is 0. The van der Waals surface area contributed by atoms with E-state index in [0.29, 0.717) is 17.5 Å². The van der Waals surface area contributed by atoms with E-state index in [1.54, 1.807) is 11.3 Å². The van der Waals surface area contributed by atoms with Crippen molar-refractivity contribution in [3.63, 3.8) is 0 Å². The van der Waals surface area contributed by atoms with E-state index in [0.717, 1.165) is 49.4 Å². The maximum atomic E-state index is 5.40. The lowest BCUT2D eigenvalue weighted by molar-refractivity contribution is 1.08. The smallest absolute Gasteiger partial charge is 0.165 e. The van der Waals surface area contributed by atoms with Gasteiger partial charge in [0.25, 0.3) is 0 Å². The van der Waals surface area contributed by atoms with Crippen LogP contribution in [-0.4, -0.2) is 15.0 Å². The van der Waals surface area contributed by atoms with Gasteiger partial charge in [-0.25, -0.2) is 15.0 Å². The summed E-state index contributed by atoms with van der Waals surface area (Å²) in [6.07, 6.45) is 0. The summed E-state index contributed by atoms with van der Waals surface area (Å²) in [5.41, 5.74) is 10.0. The van der Waals surface area contributed by atoms with Crippen LogP contribution in [0.4, 0.5) is 0 Å². The minimum Gasteiger partial charge on any atom is -0.208 e. The molecule has 0 N–H and O–H groups in total.